The van der Waals surface area contributed by atoms with Gasteiger partial charge in [-0.3, -0.25) is 19.6 Å². The Morgan fingerprint density at radius 1 is 1.33 bits per heavy atom. The molecule has 0 bridgehead atoms. The number of carbonyl (C=O) groups is 2. The summed E-state index contributed by atoms with van der Waals surface area (Å²) in [6.45, 7) is 0. The summed E-state index contributed by atoms with van der Waals surface area (Å²) >= 11 is -1.58. The zero-order chi connectivity index (χ0) is 15.0. The molecule has 1 N–H and O–H groups in total. The molecule has 2 atom stereocenters. The molecule has 108 valence electrons. The average molecular weight is 303 g/mol. The maximum absolute atomic E-state index is 12.1. The van der Waals surface area contributed by atoms with E-state index in [0.29, 0.717) is 5.69 Å². The maximum Gasteiger partial charge on any atom is 0.286 e. The van der Waals surface area contributed by atoms with Crippen LogP contribution >= 0.6 is 0 Å². The number of imide groups is 1. The fraction of sp³-hybridized carbons (Fsp3) is 0.214. The van der Waals surface area contributed by atoms with Crippen molar-refractivity contribution in [3.63, 3.8) is 0 Å². The predicted molar refractivity (Wildman–Crippen MR) is 77.5 cm³/mol. The first-order chi connectivity index (χ1) is 10.1. The van der Waals surface area contributed by atoms with Crippen LogP contribution < -0.4 is 5.32 Å². The van der Waals surface area contributed by atoms with Crippen molar-refractivity contribution in [1.82, 2.24) is 15.1 Å². The highest BCUT2D eigenvalue weighted by atomic mass is 32.2. The molecule has 2 aromatic rings. The lowest BCUT2D eigenvalue weighted by Crippen LogP contribution is -2.47. The summed E-state index contributed by atoms with van der Waals surface area (Å²) in [7, 11) is 1.76. The van der Waals surface area contributed by atoms with Crippen molar-refractivity contribution < 1.29 is 14.1 Å². The monoisotopic (exact) mass is 303 g/mol. The van der Waals surface area contributed by atoms with E-state index < -0.39 is 28.2 Å². The lowest BCUT2D eigenvalue weighted by atomic mass is 10.1. The standard InChI is InChI=1S/C14H13N3O3S/c1-17-11(9-5-3-2-4-6-9)7-10(16-17)13-14(19)15-12(18)8-21(13)20/h2-7,13H,8H2,1H3,(H,15,18,19). The summed E-state index contributed by atoms with van der Waals surface area (Å²) in [5.74, 6) is -1.23. The number of benzene rings is 1. The first kappa shape index (κ1) is 13.8. The SMILES string of the molecule is Cn1nc(C2C(=O)NC(=O)C[S+]2[O-])cc1-c1ccccc1. The number of nitrogens with one attached hydrogen (secondary N) is 1. The van der Waals surface area contributed by atoms with E-state index in [1.54, 1.807) is 17.8 Å². The van der Waals surface area contributed by atoms with Gasteiger partial charge in [-0.15, -0.1) is 0 Å². The quantitative estimate of drug-likeness (QED) is 0.648. The van der Waals surface area contributed by atoms with Gasteiger partial charge in [0.2, 0.25) is 5.25 Å². The Morgan fingerprint density at radius 3 is 2.71 bits per heavy atom. The zero-order valence-corrected chi connectivity index (χ0v) is 12.1. The van der Waals surface area contributed by atoms with E-state index in [1.165, 1.54) is 0 Å². The maximum atomic E-state index is 12.1. The minimum Gasteiger partial charge on any atom is -0.615 e. The highest BCUT2D eigenvalue weighted by Gasteiger charge is 2.41. The summed E-state index contributed by atoms with van der Waals surface area (Å²) in [4.78, 5) is 23.1. The van der Waals surface area contributed by atoms with Crippen LogP contribution in [0.3, 0.4) is 0 Å². The van der Waals surface area contributed by atoms with Gasteiger partial charge >= 0.3 is 0 Å². The smallest absolute Gasteiger partial charge is 0.286 e. The molecule has 21 heavy (non-hydrogen) atoms. The molecule has 3 rings (SSSR count). The second-order valence-electron chi connectivity index (χ2n) is 4.76. The lowest BCUT2D eigenvalue weighted by Gasteiger charge is -2.22. The summed E-state index contributed by atoms with van der Waals surface area (Å²) in [5.41, 5.74) is 2.20. The van der Waals surface area contributed by atoms with Crippen molar-refractivity contribution in [2.75, 3.05) is 5.75 Å². The number of aryl methyl sites for hydroxylation is 1. The molecule has 0 radical (unpaired) electrons. The third-order valence-electron chi connectivity index (χ3n) is 3.27. The van der Waals surface area contributed by atoms with Gasteiger partial charge in [0.1, 0.15) is 5.69 Å². The molecule has 0 aliphatic carbocycles. The molecule has 0 spiro atoms. The van der Waals surface area contributed by atoms with Crippen LogP contribution in [0.5, 0.6) is 0 Å². The van der Waals surface area contributed by atoms with Gasteiger partial charge in [0, 0.05) is 7.05 Å². The Kier molecular flexibility index (Phi) is 3.52. The van der Waals surface area contributed by atoms with E-state index in [-0.39, 0.29) is 5.75 Å². The zero-order valence-electron chi connectivity index (χ0n) is 11.3. The van der Waals surface area contributed by atoms with Crippen LogP contribution in [0, 0.1) is 0 Å². The second-order valence-corrected chi connectivity index (χ2v) is 6.28. The predicted octanol–water partition coefficient (Wildman–Crippen LogP) is 0.533. The number of hydrogen-bond donors (Lipinski definition) is 1. The fourth-order valence-corrected chi connectivity index (χ4v) is 3.52. The van der Waals surface area contributed by atoms with Crippen molar-refractivity contribution in [2.45, 2.75) is 5.25 Å². The number of carbonyl (C=O) groups excluding carboxylic acids is 2. The minimum atomic E-state index is -1.58. The van der Waals surface area contributed by atoms with E-state index in [9.17, 15) is 14.1 Å². The van der Waals surface area contributed by atoms with Crippen LogP contribution in [0.25, 0.3) is 11.3 Å². The van der Waals surface area contributed by atoms with Crippen molar-refractivity contribution in [3.05, 3.63) is 42.1 Å². The van der Waals surface area contributed by atoms with Crippen LogP contribution in [0.1, 0.15) is 10.9 Å². The third kappa shape index (κ3) is 2.57. The Hall–Kier alpha value is -2.12. The molecule has 1 aliphatic rings. The van der Waals surface area contributed by atoms with Gasteiger partial charge in [-0.25, -0.2) is 0 Å². The summed E-state index contributed by atoms with van der Waals surface area (Å²) < 4.78 is 13.7. The Morgan fingerprint density at radius 2 is 2.05 bits per heavy atom. The third-order valence-corrected chi connectivity index (χ3v) is 4.80. The normalized spacial score (nSPS) is 22.2. The van der Waals surface area contributed by atoms with Gasteiger partial charge in [-0.1, -0.05) is 30.3 Å². The first-order valence-corrected chi connectivity index (χ1v) is 7.74. The van der Waals surface area contributed by atoms with Crippen molar-refractivity contribution in [2.24, 2.45) is 7.05 Å². The van der Waals surface area contributed by atoms with Crippen LogP contribution in [-0.2, 0) is 27.8 Å². The van der Waals surface area contributed by atoms with E-state index in [4.69, 9.17) is 0 Å². The molecule has 1 aliphatic heterocycles. The second kappa shape index (κ2) is 5.34. The molecular weight excluding hydrogens is 290 g/mol. The summed E-state index contributed by atoms with van der Waals surface area (Å²) in [6, 6.07) is 11.3. The van der Waals surface area contributed by atoms with Crippen molar-refractivity contribution in [1.29, 1.82) is 0 Å². The van der Waals surface area contributed by atoms with Gasteiger partial charge in [-0.05, 0) is 22.8 Å². The van der Waals surface area contributed by atoms with E-state index in [1.807, 2.05) is 30.3 Å². The Bertz CT molecular complexity index is 699. The Labute approximate surface area is 124 Å². The summed E-state index contributed by atoms with van der Waals surface area (Å²) in [6.07, 6.45) is 0. The van der Waals surface area contributed by atoms with Gasteiger partial charge in [0.05, 0.1) is 5.69 Å². The van der Waals surface area contributed by atoms with Crippen LogP contribution in [-0.4, -0.2) is 31.9 Å². The fourth-order valence-electron chi connectivity index (χ4n) is 2.34. The van der Waals surface area contributed by atoms with Crippen LogP contribution in [0.15, 0.2) is 36.4 Å². The average Bonchev–Trinajstić information content (AvgIpc) is 2.80. The van der Waals surface area contributed by atoms with Gasteiger partial charge in [0.15, 0.2) is 5.75 Å². The molecule has 1 aromatic carbocycles. The molecule has 0 saturated carbocycles. The van der Waals surface area contributed by atoms with Crippen LogP contribution in [0.4, 0.5) is 0 Å². The molecule has 2 unspecified atom stereocenters. The minimum absolute atomic E-state index is 0.173. The van der Waals surface area contributed by atoms with Crippen molar-refractivity contribution >= 4 is 23.0 Å². The highest BCUT2D eigenvalue weighted by Crippen LogP contribution is 2.28. The lowest BCUT2D eigenvalue weighted by molar-refractivity contribution is -0.129. The van der Waals surface area contributed by atoms with E-state index >= 15 is 0 Å². The van der Waals surface area contributed by atoms with Crippen molar-refractivity contribution in [3.8, 4) is 11.3 Å². The highest BCUT2D eigenvalue weighted by molar-refractivity contribution is 7.93. The van der Waals surface area contributed by atoms with Crippen LogP contribution in [0.2, 0.25) is 0 Å². The van der Waals surface area contributed by atoms with Gasteiger partial charge in [-0.2, -0.15) is 5.10 Å². The molecular formula is C14H13N3O3S. The summed E-state index contributed by atoms with van der Waals surface area (Å²) in [5, 5.41) is 5.60. The van der Waals surface area contributed by atoms with E-state index in [0.717, 1.165) is 11.3 Å². The largest absolute Gasteiger partial charge is 0.615 e. The molecule has 1 fully saturated rings. The number of amides is 2. The number of aromatic nitrogens is 2. The number of rotatable bonds is 2. The molecule has 1 saturated heterocycles. The van der Waals surface area contributed by atoms with Gasteiger partial charge in [0.25, 0.3) is 11.8 Å². The molecule has 1 aromatic heterocycles. The topological polar surface area (TPSA) is 87.0 Å². The number of nitrogens with zero attached hydrogens (tertiary/aromatic N) is 2. The molecule has 6 nitrogen and oxygen atoms in total. The molecule has 2 amide bonds. The molecule has 2 heterocycles. The Balaban J connectivity index is 1.97. The first-order valence-electron chi connectivity index (χ1n) is 6.36. The molecule has 7 heteroatoms. The number of hydrogen-bond acceptors (Lipinski definition) is 4. The van der Waals surface area contributed by atoms with E-state index in [2.05, 4.69) is 10.4 Å². The van der Waals surface area contributed by atoms with Gasteiger partial charge < -0.3 is 4.55 Å².